The fourth-order valence-corrected chi connectivity index (χ4v) is 2.13. The van der Waals surface area contributed by atoms with Gasteiger partial charge in [0.15, 0.2) is 0 Å². The lowest BCUT2D eigenvalue weighted by atomic mass is 10.1. The summed E-state index contributed by atoms with van der Waals surface area (Å²) in [7, 11) is 0. The molecule has 0 saturated heterocycles. The SMILES string of the molecule is Cc1nc2ccc(NCc3cnccc3C)cc2[nH]1. The molecule has 0 saturated carbocycles. The molecule has 0 aliphatic carbocycles. The smallest absolute Gasteiger partial charge is 0.104 e. The van der Waals surface area contributed by atoms with Gasteiger partial charge in [0.1, 0.15) is 5.82 Å². The Balaban J connectivity index is 1.80. The predicted octanol–water partition coefficient (Wildman–Crippen LogP) is 3.19. The Hall–Kier alpha value is -2.36. The zero-order valence-electron chi connectivity index (χ0n) is 11.1. The molecule has 2 N–H and O–H groups in total. The highest BCUT2D eigenvalue weighted by Crippen LogP contribution is 2.18. The minimum atomic E-state index is 0.776. The summed E-state index contributed by atoms with van der Waals surface area (Å²) in [5.41, 5.74) is 5.61. The number of nitrogens with zero attached hydrogens (tertiary/aromatic N) is 2. The summed E-state index contributed by atoms with van der Waals surface area (Å²) < 4.78 is 0. The van der Waals surface area contributed by atoms with Crippen molar-refractivity contribution >= 4 is 16.7 Å². The van der Waals surface area contributed by atoms with Gasteiger partial charge in [0, 0.05) is 24.6 Å². The third-order valence-electron chi connectivity index (χ3n) is 3.23. The Morgan fingerprint density at radius 3 is 2.95 bits per heavy atom. The van der Waals surface area contributed by atoms with Crippen molar-refractivity contribution in [3.8, 4) is 0 Å². The van der Waals surface area contributed by atoms with Crippen LogP contribution >= 0.6 is 0 Å². The molecule has 4 nitrogen and oxygen atoms in total. The van der Waals surface area contributed by atoms with Crippen LogP contribution in [0.25, 0.3) is 11.0 Å². The second kappa shape index (κ2) is 4.72. The quantitative estimate of drug-likeness (QED) is 0.752. The maximum absolute atomic E-state index is 4.39. The average molecular weight is 252 g/mol. The molecule has 96 valence electrons. The van der Waals surface area contributed by atoms with Crippen LogP contribution in [0.4, 0.5) is 5.69 Å². The first-order valence-corrected chi connectivity index (χ1v) is 6.32. The van der Waals surface area contributed by atoms with E-state index in [2.05, 4.69) is 33.3 Å². The number of benzene rings is 1. The number of nitrogens with one attached hydrogen (secondary N) is 2. The van der Waals surface area contributed by atoms with Crippen LogP contribution in [0.15, 0.2) is 36.7 Å². The van der Waals surface area contributed by atoms with E-state index in [-0.39, 0.29) is 0 Å². The largest absolute Gasteiger partial charge is 0.381 e. The van der Waals surface area contributed by atoms with E-state index in [4.69, 9.17) is 0 Å². The Morgan fingerprint density at radius 2 is 2.11 bits per heavy atom. The molecule has 0 fully saturated rings. The monoisotopic (exact) mass is 252 g/mol. The molecule has 0 amide bonds. The van der Waals surface area contributed by atoms with E-state index >= 15 is 0 Å². The van der Waals surface area contributed by atoms with Crippen LogP contribution in [0.3, 0.4) is 0 Å². The van der Waals surface area contributed by atoms with E-state index in [0.717, 1.165) is 29.1 Å². The molecule has 3 aromatic rings. The molecule has 1 aromatic carbocycles. The van der Waals surface area contributed by atoms with Gasteiger partial charge in [0.25, 0.3) is 0 Å². The van der Waals surface area contributed by atoms with Crippen LogP contribution in [0, 0.1) is 13.8 Å². The topological polar surface area (TPSA) is 53.6 Å². The maximum atomic E-state index is 4.39. The highest BCUT2D eigenvalue weighted by molar-refractivity contribution is 5.79. The fourth-order valence-electron chi connectivity index (χ4n) is 2.13. The molecular formula is C15H16N4. The van der Waals surface area contributed by atoms with Gasteiger partial charge in [-0.15, -0.1) is 0 Å². The van der Waals surface area contributed by atoms with E-state index in [1.54, 1.807) is 0 Å². The second-order valence-electron chi connectivity index (χ2n) is 4.71. The lowest BCUT2D eigenvalue weighted by Gasteiger charge is -2.08. The number of pyridine rings is 1. The van der Waals surface area contributed by atoms with Crippen molar-refractivity contribution in [3.05, 3.63) is 53.6 Å². The summed E-state index contributed by atoms with van der Waals surface area (Å²) in [4.78, 5) is 11.8. The summed E-state index contributed by atoms with van der Waals surface area (Å²) in [6, 6.07) is 8.19. The predicted molar refractivity (Wildman–Crippen MR) is 77.1 cm³/mol. The van der Waals surface area contributed by atoms with E-state index < -0.39 is 0 Å². The molecule has 0 aliphatic heterocycles. The lowest BCUT2D eigenvalue weighted by Crippen LogP contribution is -2.01. The van der Waals surface area contributed by atoms with Crippen LogP contribution < -0.4 is 5.32 Å². The van der Waals surface area contributed by atoms with Crippen molar-refractivity contribution in [3.63, 3.8) is 0 Å². The number of aryl methyl sites for hydroxylation is 2. The number of aromatic nitrogens is 3. The average Bonchev–Trinajstić information content (AvgIpc) is 2.77. The first-order chi connectivity index (χ1) is 9.22. The van der Waals surface area contributed by atoms with E-state index in [1.165, 1.54) is 11.1 Å². The van der Waals surface area contributed by atoms with Crippen molar-refractivity contribution in [1.29, 1.82) is 0 Å². The zero-order chi connectivity index (χ0) is 13.2. The molecule has 3 rings (SSSR count). The van der Waals surface area contributed by atoms with Gasteiger partial charge in [-0.25, -0.2) is 4.98 Å². The van der Waals surface area contributed by atoms with Crippen LogP contribution in [0.2, 0.25) is 0 Å². The normalized spacial score (nSPS) is 10.8. The van der Waals surface area contributed by atoms with Crippen LogP contribution in [0.1, 0.15) is 17.0 Å². The molecule has 0 atom stereocenters. The van der Waals surface area contributed by atoms with Crippen LogP contribution in [0.5, 0.6) is 0 Å². The Bertz CT molecular complexity index is 715. The highest BCUT2D eigenvalue weighted by atomic mass is 14.9. The van der Waals surface area contributed by atoms with E-state index in [9.17, 15) is 0 Å². The fraction of sp³-hybridized carbons (Fsp3) is 0.200. The molecular weight excluding hydrogens is 236 g/mol. The van der Waals surface area contributed by atoms with E-state index in [1.807, 2.05) is 37.5 Å². The third kappa shape index (κ3) is 2.42. The summed E-state index contributed by atoms with van der Waals surface area (Å²) in [6.07, 6.45) is 3.72. The number of fused-ring (bicyclic) bond motifs is 1. The van der Waals surface area contributed by atoms with E-state index in [0.29, 0.717) is 0 Å². The van der Waals surface area contributed by atoms with Crippen molar-refractivity contribution in [2.45, 2.75) is 20.4 Å². The zero-order valence-corrected chi connectivity index (χ0v) is 11.1. The summed E-state index contributed by atoms with van der Waals surface area (Å²) in [5, 5.41) is 3.42. The maximum Gasteiger partial charge on any atom is 0.104 e. The number of H-pyrrole nitrogens is 1. The second-order valence-corrected chi connectivity index (χ2v) is 4.71. The van der Waals surface area contributed by atoms with Gasteiger partial charge in [-0.1, -0.05) is 0 Å². The molecule has 4 heteroatoms. The van der Waals surface area contributed by atoms with Gasteiger partial charge in [-0.2, -0.15) is 0 Å². The number of rotatable bonds is 3. The molecule has 2 heterocycles. The van der Waals surface area contributed by atoms with Gasteiger partial charge in [0.05, 0.1) is 11.0 Å². The molecule has 2 aromatic heterocycles. The van der Waals surface area contributed by atoms with Crippen molar-refractivity contribution in [2.75, 3.05) is 5.32 Å². The molecule has 0 radical (unpaired) electrons. The molecule has 0 spiro atoms. The van der Waals surface area contributed by atoms with Gasteiger partial charge >= 0.3 is 0 Å². The number of aromatic amines is 1. The standard InChI is InChI=1S/C15H16N4/c1-10-5-6-16-8-12(10)9-17-13-3-4-14-15(7-13)19-11(2)18-14/h3-8,17H,9H2,1-2H3,(H,18,19). The molecule has 0 unspecified atom stereocenters. The van der Waals surface area contributed by atoms with Crippen molar-refractivity contribution < 1.29 is 0 Å². The Morgan fingerprint density at radius 1 is 1.21 bits per heavy atom. The van der Waals surface area contributed by atoms with Crippen molar-refractivity contribution in [1.82, 2.24) is 15.0 Å². The van der Waals surface area contributed by atoms with Gasteiger partial charge < -0.3 is 10.3 Å². The van der Waals surface area contributed by atoms with Crippen molar-refractivity contribution in [2.24, 2.45) is 0 Å². The van der Waals surface area contributed by atoms with Crippen LogP contribution in [-0.4, -0.2) is 15.0 Å². The third-order valence-corrected chi connectivity index (χ3v) is 3.23. The summed E-state index contributed by atoms with van der Waals surface area (Å²) in [6.45, 7) is 4.84. The van der Waals surface area contributed by atoms with Gasteiger partial charge in [0.2, 0.25) is 0 Å². The minimum absolute atomic E-state index is 0.776. The molecule has 19 heavy (non-hydrogen) atoms. The summed E-state index contributed by atoms with van der Waals surface area (Å²) >= 11 is 0. The molecule has 0 aliphatic rings. The van der Waals surface area contributed by atoms with Crippen LogP contribution in [-0.2, 0) is 6.54 Å². The number of hydrogen-bond acceptors (Lipinski definition) is 3. The highest BCUT2D eigenvalue weighted by Gasteiger charge is 2.02. The minimum Gasteiger partial charge on any atom is -0.381 e. The first kappa shape index (κ1) is 11.7. The number of hydrogen-bond donors (Lipinski definition) is 2. The first-order valence-electron chi connectivity index (χ1n) is 6.32. The van der Waals surface area contributed by atoms with Gasteiger partial charge in [-0.3, -0.25) is 4.98 Å². The number of imidazole rings is 1. The Kier molecular flexibility index (Phi) is 2.91. The van der Waals surface area contributed by atoms with Gasteiger partial charge in [-0.05, 0) is 49.2 Å². The summed E-state index contributed by atoms with van der Waals surface area (Å²) in [5.74, 6) is 0.940. The lowest BCUT2D eigenvalue weighted by molar-refractivity contribution is 1.08. The Labute approximate surface area is 111 Å². The molecule has 0 bridgehead atoms. The number of anilines is 1.